The van der Waals surface area contributed by atoms with Crippen LogP contribution in [0.3, 0.4) is 0 Å². The van der Waals surface area contributed by atoms with Crippen LogP contribution in [-0.2, 0) is 0 Å². The smallest absolute Gasteiger partial charge is 0.263 e. The fourth-order valence-corrected chi connectivity index (χ4v) is 3.03. The van der Waals surface area contributed by atoms with E-state index in [1.165, 1.54) is 14.2 Å². The first-order valence-corrected chi connectivity index (χ1v) is 8.83. The van der Waals surface area contributed by atoms with Gasteiger partial charge in [-0.2, -0.15) is 5.10 Å². The number of rotatable bonds is 7. The fourth-order valence-electron chi connectivity index (χ4n) is 3.03. The summed E-state index contributed by atoms with van der Waals surface area (Å²) in [6.07, 6.45) is 0. The molecule has 8 nitrogen and oxygen atoms in total. The van der Waals surface area contributed by atoms with Gasteiger partial charge in [0.25, 0.3) is 5.91 Å². The monoisotopic (exact) mass is 397 g/mol. The Hall–Kier alpha value is -3.68. The van der Waals surface area contributed by atoms with Crippen LogP contribution in [0.5, 0.6) is 23.0 Å². The van der Waals surface area contributed by atoms with Gasteiger partial charge in [-0.05, 0) is 37.3 Å². The molecule has 0 aliphatic carbocycles. The van der Waals surface area contributed by atoms with Crippen molar-refractivity contribution in [3.63, 3.8) is 0 Å². The SMILES string of the molecule is COc1ccc(-c2n[nH]c(C)c2NC(=O)c2c(OC)cccc2OC)cc1OC. The van der Waals surface area contributed by atoms with Gasteiger partial charge in [0.2, 0.25) is 0 Å². The van der Waals surface area contributed by atoms with Crippen molar-refractivity contribution in [2.75, 3.05) is 33.8 Å². The van der Waals surface area contributed by atoms with Crippen LogP contribution in [0.15, 0.2) is 36.4 Å². The first-order valence-electron chi connectivity index (χ1n) is 8.83. The molecule has 0 aliphatic rings. The summed E-state index contributed by atoms with van der Waals surface area (Å²) in [4.78, 5) is 13.1. The first-order chi connectivity index (χ1) is 14.0. The quantitative estimate of drug-likeness (QED) is 0.632. The third kappa shape index (κ3) is 3.82. The minimum absolute atomic E-state index is 0.302. The summed E-state index contributed by atoms with van der Waals surface area (Å²) in [5, 5.41) is 10.2. The molecule has 0 saturated heterocycles. The molecule has 3 aromatic rings. The largest absolute Gasteiger partial charge is 0.496 e. The van der Waals surface area contributed by atoms with Crippen LogP contribution in [0.25, 0.3) is 11.3 Å². The summed E-state index contributed by atoms with van der Waals surface area (Å²) in [6, 6.07) is 10.6. The molecule has 1 aromatic heterocycles. The number of carbonyl (C=O) groups excluding carboxylic acids is 1. The number of nitrogens with zero attached hydrogens (tertiary/aromatic N) is 1. The highest BCUT2D eigenvalue weighted by atomic mass is 16.5. The molecule has 0 radical (unpaired) electrons. The number of amides is 1. The predicted molar refractivity (Wildman–Crippen MR) is 109 cm³/mol. The molecule has 152 valence electrons. The molecule has 0 spiro atoms. The van der Waals surface area contributed by atoms with E-state index in [9.17, 15) is 4.79 Å². The third-order valence-corrected chi connectivity index (χ3v) is 4.50. The molecule has 8 heteroatoms. The van der Waals surface area contributed by atoms with Crippen molar-refractivity contribution in [2.45, 2.75) is 6.92 Å². The van der Waals surface area contributed by atoms with Crippen LogP contribution in [0.1, 0.15) is 16.1 Å². The molecule has 0 aliphatic heterocycles. The van der Waals surface area contributed by atoms with Crippen LogP contribution in [0.2, 0.25) is 0 Å². The number of carbonyl (C=O) groups is 1. The van der Waals surface area contributed by atoms with E-state index in [-0.39, 0.29) is 5.91 Å². The van der Waals surface area contributed by atoms with Crippen LogP contribution >= 0.6 is 0 Å². The molecule has 29 heavy (non-hydrogen) atoms. The van der Waals surface area contributed by atoms with Gasteiger partial charge in [0.05, 0.1) is 39.8 Å². The number of benzene rings is 2. The van der Waals surface area contributed by atoms with Gasteiger partial charge in [-0.1, -0.05) is 6.07 Å². The maximum atomic E-state index is 13.1. The second-order valence-electron chi connectivity index (χ2n) is 6.13. The molecular weight excluding hydrogens is 374 g/mol. The van der Waals surface area contributed by atoms with E-state index in [0.29, 0.717) is 45.6 Å². The molecule has 0 unspecified atom stereocenters. The van der Waals surface area contributed by atoms with Crippen LogP contribution in [-0.4, -0.2) is 44.5 Å². The van der Waals surface area contributed by atoms with Crippen molar-refractivity contribution in [2.24, 2.45) is 0 Å². The van der Waals surface area contributed by atoms with Gasteiger partial charge in [-0.3, -0.25) is 9.89 Å². The molecule has 1 amide bonds. The maximum absolute atomic E-state index is 13.1. The molecule has 1 heterocycles. The number of aromatic nitrogens is 2. The summed E-state index contributed by atoms with van der Waals surface area (Å²) in [6.45, 7) is 1.83. The topological polar surface area (TPSA) is 94.7 Å². The Balaban J connectivity index is 2.01. The van der Waals surface area contributed by atoms with Gasteiger partial charge in [0.15, 0.2) is 11.5 Å². The van der Waals surface area contributed by atoms with Gasteiger partial charge < -0.3 is 24.3 Å². The number of hydrogen-bond acceptors (Lipinski definition) is 6. The number of aryl methyl sites for hydroxylation is 1. The molecule has 0 bridgehead atoms. The average molecular weight is 397 g/mol. The van der Waals surface area contributed by atoms with Crippen molar-refractivity contribution >= 4 is 11.6 Å². The predicted octanol–water partition coefficient (Wildman–Crippen LogP) is 3.67. The summed E-state index contributed by atoms with van der Waals surface area (Å²) >= 11 is 0. The van der Waals surface area contributed by atoms with Crippen molar-refractivity contribution in [1.29, 1.82) is 0 Å². The van der Waals surface area contributed by atoms with E-state index in [0.717, 1.165) is 5.56 Å². The van der Waals surface area contributed by atoms with E-state index in [2.05, 4.69) is 15.5 Å². The zero-order valence-corrected chi connectivity index (χ0v) is 17.0. The van der Waals surface area contributed by atoms with Crippen molar-refractivity contribution in [3.8, 4) is 34.3 Å². The minimum Gasteiger partial charge on any atom is -0.496 e. The lowest BCUT2D eigenvalue weighted by Gasteiger charge is -2.14. The fraction of sp³-hybridized carbons (Fsp3) is 0.238. The van der Waals surface area contributed by atoms with Crippen molar-refractivity contribution in [3.05, 3.63) is 47.7 Å². The highest BCUT2D eigenvalue weighted by Crippen LogP contribution is 2.36. The van der Waals surface area contributed by atoms with Crippen LogP contribution in [0.4, 0.5) is 5.69 Å². The summed E-state index contributed by atoms with van der Waals surface area (Å²) in [5.74, 6) is 1.62. The number of nitrogens with one attached hydrogen (secondary N) is 2. The number of hydrogen-bond donors (Lipinski definition) is 2. The summed E-state index contributed by atoms with van der Waals surface area (Å²) in [7, 11) is 6.14. The lowest BCUT2D eigenvalue weighted by molar-refractivity contribution is 0.102. The van der Waals surface area contributed by atoms with Gasteiger partial charge in [0, 0.05) is 5.56 Å². The Morgan fingerprint density at radius 3 is 2.10 bits per heavy atom. The minimum atomic E-state index is -0.370. The number of H-pyrrole nitrogens is 1. The summed E-state index contributed by atoms with van der Waals surface area (Å²) < 4.78 is 21.3. The highest BCUT2D eigenvalue weighted by molar-refractivity contribution is 6.09. The van der Waals surface area contributed by atoms with Crippen molar-refractivity contribution in [1.82, 2.24) is 10.2 Å². The Labute approximate surface area is 168 Å². The van der Waals surface area contributed by atoms with E-state index >= 15 is 0 Å². The summed E-state index contributed by atoms with van der Waals surface area (Å²) in [5.41, 5.74) is 2.89. The van der Waals surface area contributed by atoms with E-state index in [1.807, 2.05) is 13.0 Å². The van der Waals surface area contributed by atoms with Crippen molar-refractivity contribution < 1.29 is 23.7 Å². The maximum Gasteiger partial charge on any atom is 0.263 e. The zero-order chi connectivity index (χ0) is 21.0. The van der Waals surface area contributed by atoms with Crippen LogP contribution < -0.4 is 24.3 Å². The zero-order valence-electron chi connectivity index (χ0n) is 17.0. The Kier molecular flexibility index (Phi) is 5.92. The number of methoxy groups -OCH3 is 4. The molecule has 0 atom stereocenters. The molecule has 2 N–H and O–H groups in total. The average Bonchev–Trinajstić information content (AvgIpc) is 3.12. The van der Waals surface area contributed by atoms with Gasteiger partial charge in [0.1, 0.15) is 22.8 Å². The Bertz CT molecular complexity index is 1010. The molecule has 0 saturated carbocycles. The first kappa shape index (κ1) is 20.1. The number of aromatic amines is 1. The third-order valence-electron chi connectivity index (χ3n) is 4.50. The molecular formula is C21H23N3O5. The molecule has 0 fully saturated rings. The normalized spacial score (nSPS) is 10.4. The standard InChI is InChI=1S/C21H23N3O5/c1-12-19(22-21(25)18-15(27-3)7-6-8-16(18)28-4)20(24-23-12)13-9-10-14(26-2)17(11-13)29-5/h6-11H,1-5H3,(H,22,25)(H,23,24). The Morgan fingerprint density at radius 1 is 0.897 bits per heavy atom. The van der Waals surface area contributed by atoms with Gasteiger partial charge >= 0.3 is 0 Å². The van der Waals surface area contributed by atoms with E-state index in [4.69, 9.17) is 18.9 Å². The van der Waals surface area contributed by atoms with Crippen LogP contribution in [0, 0.1) is 6.92 Å². The Morgan fingerprint density at radius 2 is 1.52 bits per heavy atom. The van der Waals surface area contributed by atoms with Gasteiger partial charge in [-0.15, -0.1) is 0 Å². The van der Waals surface area contributed by atoms with E-state index in [1.54, 1.807) is 44.6 Å². The van der Waals surface area contributed by atoms with Gasteiger partial charge in [-0.25, -0.2) is 0 Å². The second kappa shape index (κ2) is 8.55. The van der Waals surface area contributed by atoms with E-state index < -0.39 is 0 Å². The lowest BCUT2D eigenvalue weighted by Crippen LogP contribution is -2.15. The number of ether oxygens (including phenoxy) is 4. The number of anilines is 1. The highest BCUT2D eigenvalue weighted by Gasteiger charge is 2.22. The molecule has 2 aromatic carbocycles. The second-order valence-corrected chi connectivity index (χ2v) is 6.13. The molecule has 3 rings (SSSR count). The lowest BCUT2D eigenvalue weighted by atomic mass is 10.1.